The molecule has 0 spiro atoms. The van der Waals surface area contributed by atoms with Crippen molar-refractivity contribution in [1.82, 2.24) is 10.2 Å². The molecule has 3 rings (SSSR count). The highest BCUT2D eigenvalue weighted by molar-refractivity contribution is 5.94. The molecule has 5 nitrogen and oxygen atoms in total. The minimum Gasteiger partial charge on any atom is -0.369 e. The van der Waals surface area contributed by atoms with Gasteiger partial charge in [0.1, 0.15) is 0 Å². The first-order valence-electron chi connectivity index (χ1n) is 10.6. The number of rotatable bonds is 7. The Labute approximate surface area is 168 Å². The zero-order valence-corrected chi connectivity index (χ0v) is 17.2. The van der Waals surface area contributed by atoms with Gasteiger partial charge in [0.2, 0.25) is 5.91 Å². The third kappa shape index (κ3) is 5.44. The van der Waals surface area contributed by atoms with Gasteiger partial charge in [-0.15, -0.1) is 0 Å². The Kier molecular flexibility index (Phi) is 7.26. The predicted octanol–water partition coefficient (Wildman–Crippen LogP) is 3.41. The molecule has 2 aliphatic rings. The summed E-state index contributed by atoms with van der Waals surface area (Å²) >= 11 is 0. The van der Waals surface area contributed by atoms with Gasteiger partial charge in [-0.3, -0.25) is 14.5 Å². The van der Waals surface area contributed by atoms with Crippen LogP contribution in [0.5, 0.6) is 0 Å². The van der Waals surface area contributed by atoms with E-state index in [9.17, 15) is 9.59 Å². The van der Waals surface area contributed by atoms with E-state index in [1.807, 2.05) is 31.2 Å². The normalized spacial score (nSPS) is 19.1. The highest BCUT2D eigenvalue weighted by Gasteiger charge is 2.25. The molecule has 0 saturated carbocycles. The molecule has 28 heavy (non-hydrogen) atoms. The van der Waals surface area contributed by atoms with E-state index >= 15 is 0 Å². The first kappa shape index (κ1) is 20.6. The van der Waals surface area contributed by atoms with Crippen LogP contribution in [0.2, 0.25) is 0 Å². The van der Waals surface area contributed by atoms with Crippen LogP contribution in [0.3, 0.4) is 0 Å². The van der Waals surface area contributed by atoms with Crippen LogP contribution in [-0.4, -0.2) is 55.4 Å². The maximum absolute atomic E-state index is 12.5. The number of ketones is 1. The molecule has 1 heterocycles. The van der Waals surface area contributed by atoms with Gasteiger partial charge in [0, 0.05) is 44.0 Å². The Bertz CT molecular complexity index is 703. The van der Waals surface area contributed by atoms with Crippen molar-refractivity contribution in [3.63, 3.8) is 0 Å². The number of carbonyl (C=O) groups is 2. The van der Waals surface area contributed by atoms with Crippen LogP contribution in [0, 0.1) is 0 Å². The van der Waals surface area contributed by atoms with Gasteiger partial charge in [0.25, 0.3) is 0 Å². The molecule has 1 aromatic carbocycles. The number of Topliss-reactive ketones (excluding diaryl/α,β-unsaturated/α-hetero) is 1. The molecule has 0 radical (unpaired) electrons. The Morgan fingerprint density at radius 3 is 2.39 bits per heavy atom. The number of piperazine rings is 1. The van der Waals surface area contributed by atoms with Crippen LogP contribution in [-0.2, 0) is 4.79 Å². The molecule has 1 fully saturated rings. The number of nitrogens with one attached hydrogen (secondary N) is 1. The standard InChI is InChI=1S/C23H33N3O2/c1-18(23(28)24-13-12-20-6-4-3-5-7-20)25-14-16-26(17-15-25)22-10-8-21(9-11-22)19(2)27/h6,8-11,18H,3-5,7,12-17H2,1-2H3,(H,24,28)/t18-/m0/s1. The number of hydrogen-bond acceptors (Lipinski definition) is 4. The first-order valence-corrected chi connectivity index (χ1v) is 10.6. The van der Waals surface area contributed by atoms with Crippen LogP contribution in [0.4, 0.5) is 5.69 Å². The highest BCUT2D eigenvalue weighted by Crippen LogP contribution is 2.20. The van der Waals surface area contributed by atoms with Crippen molar-refractivity contribution in [2.45, 2.75) is 52.0 Å². The summed E-state index contributed by atoms with van der Waals surface area (Å²) in [4.78, 5) is 28.5. The summed E-state index contributed by atoms with van der Waals surface area (Å²) in [5.41, 5.74) is 3.39. The van der Waals surface area contributed by atoms with Gasteiger partial charge >= 0.3 is 0 Å². The third-order valence-electron chi connectivity index (χ3n) is 6.01. The van der Waals surface area contributed by atoms with E-state index in [0.29, 0.717) is 0 Å². The summed E-state index contributed by atoms with van der Waals surface area (Å²) in [6.07, 6.45) is 8.32. The van der Waals surface area contributed by atoms with Crippen molar-refractivity contribution < 1.29 is 9.59 Å². The quantitative estimate of drug-likeness (QED) is 0.579. The molecule has 1 aliphatic heterocycles. The lowest BCUT2D eigenvalue weighted by molar-refractivity contribution is -0.126. The van der Waals surface area contributed by atoms with E-state index in [-0.39, 0.29) is 17.7 Å². The fourth-order valence-electron chi connectivity index (χ4n) is 4.07. The van der Waals surface area contributed by atoms with Gasteiger partial charge in [-0.1, -0.05) is 11.6 Å². The van der Waals surface area contributed by atoms with Gasteiger partial charge in [-0.25, -0.2) is 0 Å². The maximum atomic E-state index is 12.5. The zero-order valence-electron chi connectivity index (χ0n) is 17.2. The van der Waals surface area contributed by atoms with Crippen LogP contribution in [0.15, 0.2) is 35.9 Å². The molecular weight excluding hydrogens is 350 g/mol. The van der Waals surface area contributed by atoms with E-state index < -0.39 is 0 Å². The first-order chi connectivity index (χ1) is 13.5. The van der Waals surface area contributed by atoms with Gasteiger partial charge in [-0.2, -0.15) is 0 Å². The highest BCUT2D eigenvalue weighted by atomic mass is 16.2. The van der Waals surface area contributed by atoms with Gasteiger partial charge in [0.15, 0.2) is 5.78 Å². The van der Waals surface area contributed by atoms with Crippen LogP contribution < -0.4 is 10.2 Å². The molecule has 1 amide bonds. The van der Waals surface area contributed by atoms with Crippen molar-refractivity contribution in [1.29, 1.82) is 0 Å². The molecule has 1 saturated heterocycles. The Balaban J connectivity index is 1.42. The molecule has 1 N–H and O–H groups in total. The molecular formula is C23H33N3O2. The SMILES string of the molecule is CC(=O)c1ccc(N2CCN([C@@H](C)C(=O)NCCC3=CCCCC3)CC2)cc1. The van der Waals surface area contributed by atoms with E-state index in [1.54, 1.807) is 6.92 Å². The minimum atomic E-state index is -0.0948. The number of benzene rings is 1. The summed E-state index contributed by atoms with van der Waals surface area (Å²) in [7, 11) is 0. The molecule has 1 aliphatic carbocycles. The smallest absolute Gasteiger partial charge is 0.237 e. The number of anilines is 1. The van der Waals surface area contributed by atoms with Crippen molar-refractivity contribution in [3.8, 4) is 0 Å². The lowest BCUT2D eigenvalue weighted by Crippen LogP contribution is -2.54. The molecule has 5 heteroatoms. The predicted molar refractivity (Wildman–Crippen MR) is 114 cm³/mol. The summed E-state index contributed by atoms with van der Waals surface area (Å²) in [6, 6.07) is 7.72. The van der Waals surface area contributed by atoms with E-state index in [0.717, 1.165) is 50.4 Å². The van der Waals surface area contributed by atoms with Gasteiger partial charge in [-0.05, 0) is 70.2 Å². The van der Waals surface area contributed by atoms with E-state index in [1.165, 1.54) is 31.3 Å². The number of carbonyl (C=O) groups excluding carboxylic acids is 2. The minimum absolute atomic E-state index is 0.0935. The van der Waals surface area contributed by atoms with Crippen molar-refractivity contribution >= 4 is 17.4 Å². The second-order valence-electron chi connectivity index (χ2n) is 7.95. The fourth-order valence-corrected chi connectivity index (χ4v) is 4.07. The number of allylic oxidation sites excluding steroid dienone is 1. The molecule has 1 atom stereocenters. The zero-order chi connectivity index (χ0) is 19.9. The largest absolute Gasteiger partial charge is 0.369 e. The van der Waals surface area contributed by atoms with Gasteiger partial charge in [0.05, 0.1) is 6.04 Å². The maximum Gasteiger partial charge on any atom is 0.237 e. The Hall–Kier alpha value is -2.14. The second kappa shape index (κ2) is 9.87. The average molecular weight is 384 g/mol. The molecule has 1 aromatic rings. The lowest BCUT2D eigenvalue weighted by atomic mass is 9.97. The molecule has 152 valence electrons. The van der Waals surface area contributed by atoms with E-state index in [2.05, 4.69) is 21.2 Å². The van der Waals surface area contributed by atoms with Crippen molar-refractivity contribution in [2.24, 2.45) is 0 Å². The monoisotopic (exact) mass is 383 g/mol. The van der Waals surface area contributed by atoms with Crippen LogP contribution in [0.25, 0.3) is 0 Å². The molecule has 0 aromatic heterocycles. The van der Waals surface area contributed by atoms with Crippen LogP contribution in [0.1, 0.15) is 56.3 Å². The average Bonchev–Trinajstić information content (AvgIpc) is 2.74. The third-order valence-corrected chi connectivity index (χ3v) is 6.01. The Morgan fingerprint density at radius 2 is 1.79 bits per heavy atom. The van der Waals surface area contributed by atoms with Crippen molar-refractivity contribution in [2.75, 3.05) is 37.6 Å². The lowest BCUT2D eigenvalue weighted by Gasteiger charge is -2.38. The summed E-state index contributed by atoms with van der Waals surface area (Å²) in [5.74, 6) is 0.228. The molecule has 0 unspecified atom stereocenters. The Morgan fingerprint density at radius 1 is 1.07 bits per heavy atom. The number of nitrogens with zero attached hydrogens (tertiary/aromatic N) is 2. The summed E-state index contributed by atoms with van der Waals surface area (Å²) in [6.45, 7) is 7.87. The summed E-state index contributed by atoms with van der Waals surface area (Å²) < 4.78 is 0. The topological polar surface area (TPSA) is 52.7 Å². The van der Waals surface area contributed by atoms with Crippen LogP contribution >= 0.6 is 0 Å². The van der Waals surface area contributed by atoms with E-state index in [4.69, 9.17) is 0 Å². The number of hydrogen-bond donors (Lipinski definition) is 1. The van der Waals surface area contributed by atoms with Gasteiger partial charge < -0.3 is 10.2 Å². The van der Waals surface area contributed by atoms with Crippen molar-refractivity contribution in [3.05, 3.63) is 41.5 Å². The fraction of sp³-hybridized carbons (Fsp3) is 0.565. The summed E-state index contributed by atoms with van der Waals surface area (Å²) in [5, 5.41) is 3.12. The number of amides is 1. The second-order valence-corrected chi connectivity index (χ2v) is 7.95. The molecule has 0 bridgehead atoms.